The van der Waals surface area contributed by atoms with Crippen molar-refractivity contribution in [3.63, 3.8) is 0 Å². The molecule has 0 fully saturated rings. The highest BCUT2D eigenvalue weighted by atomic mass is 32.2. The predicted molar refractivity (Wildman–Crippen MR) is 174 cm³/mol. The van der Waals surface area contributed by atoms with Gasteiger partial charge in [0.15, 0.2) is 0 Å². The van der Waals surface area contributed by atoms with E-state index in [1.165, 1.54) is 22.7 Å². The third kappa shape index (κ3) is 6.63. The zero-order valence-electron chi connectivity index (χ0n) is 23.4. The minimum Gasteiger partial charge on any atom is -0.390 e. The topological polar surface area (TPSA) is 139 Å². The molecule has 2 aliphatic rings. The first-order valence-electron chi connectivity index (χ1n) is 14.2. The van der Waals surface area contributed by atoms with Gasteiger partial charge in [0, 0.05) is 12.8 Å². The fourth-order valence-corrected chi connectivity index (χ4v) is 9.86. The second-order valence-corrected chi connectivity index (χ2v) is 15.6. The summed E-state index contributed by atoms with van der Waals surface area (Å²) in [4.78, 5) is 27.7. The van der Waals surface area contributed by atoms with E-state index in [2.05, 4.69) is 10.6 Å². The Balaban J connectivity index is 1.26. The lowest BCUT2D eigenvalue weighted by molar-refractivity contribution is -0.129. The molecule has 4 aromatic rings. The molecule has 2 aromatic heterocycles. The van der Waals surface area contributed by atoms with Crippen molar-refractivity contribution >= 4 is 58.0 Å². The Bertz CT molecular complexity index is 1470. The number of carbonyl (C=O) groups excluding carboxylic acids is 2. The van der Waals surface area contributed by atoms with Gasteiger partial charge >= 0.3 is 0 Å². The normalized spacial score (nSPS) is 23.3. The minimum atomic E-state index is -1.65. The van der Waals surface area contributed by atoms with Crippen LogP contribution in [0.3, 0.4) is 0 Å². The Morgan fingerprint density at radius 2 is 1.07 bits per heavy atom. The molecule has 6 rings (SSSR count). The summed E-state index contributed by atoms with van der Waals surface area (Å²) in [5, 5.41) is 52.0. The number of hydrogen-bond acceptors (Lipinski definition) is 10. The van der Waals surface area contributed by atoms with Crippen LogP contribution in [-0.4, -0.2) is 67.2 Å². The zero-order valence-corrected chi connectivity index (χ0v) is 26.6. The Labute approximate surface area is 271 Å². The smallest absolute Gasteiger partial charge is 0.236 e. The van der Waals surface area contributed by atoms with Crippen LogP contribution in [0.5, 0.6) is 0 Å². The molecule has 8 nitrogen and oxygen atoms in total. The second kappa shape index (κ2) is 13.8. The molecule has 0 radical (unpaired) electrons. The molecule has 1 unspecified atom stereocenters. The third-order valence-corrected chi connectivity index (χ3v) is 12.7. The van der Waals surface area contributed by atoms with Crippen LogP contribution in [0.1, 0.15) is 34.3 Å². The largest absolute Gasteiger partial charge is 0.390 e. The summed E-state index contributed by atoms with van der Waals surface area (Å²) in [7, 11) is 0. The Morgan fingerprint density at radius 1 is 0.659 bits per heavy atom. The van der Waals surface area contributed by atoms with Crippen molar-refractivity contribution < 1.29 is 30.0 Å². The minimum absolute atomic E-state index is 0.394. The van der Waals surface area contributed by atoms with Crippen molar-refractivity contribution in [2.24, 2.45) is 0 Å². The third-order valence-electron chi connectivity index (χ3n) is 7.97. The van der Waals surface area contributed by atoms with E-state index in [0.717, 1.165) is 54.2 Å². The number of aliphatic hydroxyl groups is 4. The fraction of sp³-hybridized carbons (Fsp3) is 0.312. The van der Waals surface area contributed by atoms with Crippen molar-refractivity contribution in [2.75, 3.05) is 0 Å². The SMILES string of the molecule is O=C(NC1c2ccccc2C[C@H]1O)[C@H](Sc1cccs1)[C@H](O)[C@@H](O)[C@@H](Sc1cccs1)C(=O)N[C@H]1c2ccccc2C[C@H]1O. The van der Waals surface area contributed by atoms with Crippen LogP contribution in [0.25, 0.3) is 0 Å². The van der Waals surface area contributed by atoms with Crippen molar-refractivity contribution in [3.05, 3.63) is 106 Å². The Kier molecular flexibility index (Phi) is 9.79. The van der Waals surface area contributed by atoms with Gasteiger partial charge in [0.1, 0.15) is 22.7 Å². The lowest BCUT2D eigenvalue weighted by Crippen LogP contribution is -2.53. The first kappa shape index (κ1) is 31.3. The molecule has 2 aromatic carbocycles. The van der Waals surface area contributed by atoms with Gasteiger partial charge in [0.05, 0.1) is 32.7 Å². The molecule has 0 spiro atoms. The molecule has 0 saturated heterocycles. The monoisotopic (exact) mass is 668 g/mol. The Hall–Kier alpha value is -2.68. The molecule has 0 bridgehead atoms. The molecule has 0 aliphatic heterocycles. The van der Waals surface area contributed by atoms with Crippen molar-refractivity contribution in [2.45, 2.75) is 68.3 Å². The van der Waals surface area contributed by atoms with Crippen molar-refractivity contribution in [1.82, 2.24) is 10.6 Å². The van der Waals surface area contributed by atoms with Gasteiger partial charge in [-0.1, -0.05) is 84.2 Å². The number of rotatable bonds is 11. The number of thiophene rings is 2. The molecular weight excluding hydrogens is 637 g/mol. The highest BCUT2D eigenvalue weighted by Gasteiger charge is 2.44. The summed E-state index contributed by atoms with van der Waals surface area (Å²) in [5.74, 6) is -1.12. The maximum Gasteiger partial charge on any atom is 0.236 e. The van der Waals surface area contributed by atoms with Crippen molar-refractivity contribution in [3.8, 4) is 0 Å². The number of carbonyl (C=O) groups is 2. The first-order chi connectivity index (χ1) is 21.3. The van der Waals surface area contributed by atoms with Crippen LogP contribution >= 0.6 is 46.2 Å². The lowest BCUT2D eigenvalue weighted by atomic mass is 10.0. The lowest BCUT2D eigenvalue weighted by Gasteiger charge is -2.31. The van der Waals surface area contributed by atoms with E-state index in [9.17, 15) is 30.0 Å². The summed E-state index contributed by atoms with van der Waals surface area (Å²) in [6.07, 6.45) is -4.19. The highest BCUT2D eigenvalue weighted by Crippen LogP contribution is 2.38. The van der Waals surface area contributed by atoms with Crippen LogP contribution in [0.2, 0.25) is 0 Å². The van der Waals surface area contributed by atoms with Gasteiger partial charge in [-0.05, 0) is 45.1 Å². The standard InChI is InChI=1S/C32H32N2O6S4/c35-21-15-17-7-1-3-9-19(17)25(21)33-31(39)29(43-23-11-5-13-41-23)27(37)28(38)30(44-24-12-6-14-42-24)32(40)34-26-20-10-4-2-8-18(20)16-22(26)36/h1-14,21-22,25-30,35-38H,15-16H2,(H,33,39)(H,34,40)/t21-,22-,25+,26?,27-,28-,29-,30-/m1/s1. The van der Waals surface area contributed by atoms with Gasteiger partial charge in [-0.2, -0.15) is 0 Å². The number of fused-ring (bicyclic) bond motifs is 2. The van der Waals surface area contributed by atoms with Crippen LogP contribution in [-0.2, 0) is 22.4 Å². The second-order valence-electron chi connectivity index (χ2n) is 10.8. The molecule has 2 amide bonds. The number of hydrogen-bond donors (Lipinski definition) is 6. The van der Waals surface area contributed by atoms with E-state index in [0.29, 0.717) is 12.8 Å². The number of aliphatic hydroxyl groups excluding tert-OH is 4. The summed E-state index contributed by atoms with van der Waals surface area (Å²) in [6.45, 7) is 0. The predicted octanol–water partition coefficient (Wildman–Crippen LogP) is 3.70. The van der Waals surface area contributed by atoms with Crippen LogP contribution in [0.4, 0.5) is 0 Å². The summed E-state index contributed by atoms with van der Waals surface area (Å²) in [5.41, 5.74) is 3.49. The van der Waals surface area contributed by atoms with E-state index < -0.39 is 58.8 Å². The molecule has 0 saturated carbocycles. The first-order valence-corrected chi connectivity index (χ1v) is 17.7. The van der Waals surface area contributed by atoms with Crippen molar-refractivity contribution in [1.29, 1.82) is 0 Å². The summed E-state index contributed by atoms with van der Waals surface area (Å²) < 4.78 is 1.50. The maximum atomic E-state index is 13.8. The zero-order chi connectivity index (χ0) is 30.8. The molecular formula is C32H32N2O6S4. The fourth-order valence-electron chi connectivity index (χ4n) is 5.79. The highest BCUT2D eigenvalue weighted by molar-refractivity contribution is 8.02. The maximum absolute atomic E-state index is 13.8. The molecule has 230 valence electrons. The van der Waals surface area contributed by atoms with E-state index in [1.807, 2.05) is 83.6 Å². The van der Waals surface area contributed by atoms with Gasteiger partial charge in [-0.25, -0.2) is 0 Å². The number of amides is 2. The van der Waals surface area contributed by atoms with Crippen LogP contribution < -0.4 is 10.6 Å². The molecule has 44 heavy (non-hydrogen) atoms. The van der Waals surface area contributed by atoms with Gasteiger partial charge in [0.2, 0.25) is 11.8 Å². The van der Waals surface area contributed by atoms with Crippen LogP contribution in [0, 0.1) is 0 Å². The molecule has 2 heterocycles. The van der Waals surface area contributed by atoms with Gasteiger partial charge in [-0.15, -0.1) is 22.7 Å². The summed E-state index contributed by atoms with van der Waals surface area (Å²) in [6, 6.07) is 20.9. The average molecular weight is 669 g/mol. The molecule has 2 aliphatic carbocycles. The molecule has 6 N–H and O–H groups in total. The summed E-state index contributed by atoms with van der Waals surface area (Å²) >= 11 is 4.99. The number of thioether (sulfide) groups is 2. The van der Waals surface area contributed by atoms with Crippen LogP contribution in [0.15, 0.2) is 92.0 Å². The van der Waals surface area contributed by atoms with E-state index >= 15 is 0 Å². The Morgan fingerprint density at radius 3 is 1.45 bits per heavy atom. The quantitative estimate of drug-likeness (QED) is 0.133. The molecule has 8 atom stereocenters. The number of nitrogens with one attached hydrogen (secondary N) is 2. The van der Waals surface area contributed by atoms with E-state index in [1.54, 1.807) is 0 Å². The van der Waals surface area contributed by atoms with Gasteiger partial charge in [-0.3, -0.25) is 9.59 Å². The van der Waals surface area contributed by atoms with E-state index in [4.69, 9.17) is 0 Å². The van der Waals surface area contributed by atoms with Gasteiger partial charge in [0.25, 0.3) is 0 Å². The number of benzene rings is 2. The average Bonchev–Trinajstić information content (AvgIpc) is 3.83. The van der Waals surface area contributed by atoms with E-state index in [-0.39, 0.29) is 0 Å². The van der Waals surface area contributed by atoms with Gasteiger partial charge < -0.3 is 31.1 Å². The molecule has 12 heteroatoms.